The minimum absolute atomic E-state index is 0.0272. The molecule has 3 amide bonds. The Morgan fingerprint density at radius 2 is 2.00 bits per heavy atom. The first-order chi connectivity index (χ1) is 14.4. The molecule has 4 rings (SSSR count). The molecule has 3 fully saturated rings. The van der Waals surface area contributed by atoms with Crippen molar-refractivity contribution in [3.63, 3.8) is 0 Å². The number of alkyl halides is 1. The van der Waals surface area contributed by atoms with Crippen LogP contribution in [0.5, 0.6) is 0 Å². The molecule has 2 N–H and O–H groups in total. The van der Waals surface area contributed by atoms with Crippen LogP contribution < -0.4 is 15.8 Å². The Bertz CT molecular complexity index is 811. The molecule has 3 saturated heterocycles. The quantitative estimate of drug-likeness (QED) is 0.631. The molecule has 162 valence electrons. The molecule has 30 heavy (non-hydrogen) atoms. The van der Waals surface area contributed by atoms with Gasteiger partial charge in [0.1, 0.15) is 0 Å². The van der Waals surface area contributed by atoms with Crippen molar-refractivity contribution in [3.8, 4) is 0 Å². The lowest BCUT2D eigenvalue weighted by Crippen LogP contribution is -2.59. The Morgan fingerprint density at radius 3 is 2.67 bits per heavy atom. The van der Waals surface area contributed by atoms with Crippen LogP contribution in [0.15, 0.2) is 30.3 Å². The van der Waals surface area contributed by atoms with E-state index in [0.29, 0.717) is 18.8 Å². The number of amides is 3. The first-order valence-corrected chi connectivity index (χ1v) is 9.88. The SMILES string of the molecule is CN(C(=O)CN1CCN(C2CC(=O)NN2)C(F)C1)C1CN(c2ccccc2)C(=O)O1. The zero-order chi connectivity index (χ0) is 21.3. The first kappa shape index (κ1) is 20.5. The van der Waals surface area contributed by atoms with E-state index in [1.165, 1.54) is 9.80 Å². The predicted molar refractivity (Wildman–Crippen MR) is 105 cm³/mol. The summed E-state index contributed by atoms with van der Waals surface area (Å²) in [6.45, 7) is 1.21. The predicted octanol–water partition coefficient (Wildman–Crippen LogP) is -0.308. The van der Waals surface area contributed by atoms with Gasteiger partial charge in [0.05, 0.1) is 25.7 Å². The molecule has 0 radical (unpaired) electrons. The number of piperazine rings is 1. The van der Waals surface area contributed by atoms with Crippen LogP contribution in [0.2, 0.25) is 0 Å². The maximum Gasteiger partial charge on any atom is 0.416 e. The number of anilines is 1. The van der Waals surface area contributed by atoms with E-state index in [1.54, 1.807) is 29.0 Å². The monoisotopic (exact) mass is 420 g/mol. The highest BCUT2D eigenvalue weighted by molar-refractivity contribution is 5.90. The van der Waals surface area contributed by atoms with E-state index in [-0.39, 0.29) is 44.0 Å². The standard InChI is InChI=1S/C19H25FN6O4/c1-23(18-12-26(19(29)30-18)13-5-3-2-4-6-13)17(28)11-24-7-8-25(14(20)10-24)15-9-16(27)22-21-15/h2-6,14-15,18,21H,7-12H2,1H3,(H,22,27). The molecule has 0 aromatic heterocycles. The summed E-state index contributed by atoms with van der Waals surface area (Å²) in [5, 5.41) is 0. The summed E-state index contributed by atoms with van der Waals surface area (Å²) in [4.78, 5) is 42.4. The van der Waals surface area contributed by atoms with Crippen molar-refractivity contribution in [3.05, 3.63) is 30.3 Å². The second kappa shape index (κ2) is 8.54. The number of nitrogens with zero attached hydrogens (tertiary/aromatic N) is 4. The number of halogens is 1. The zero-order valence-corrected chi connectivity index (χ0v) is 16.7. The topological polar surface area (TPSA) is 97.5 Å². The number of cyclic esters (lactones) is 1. The number of hydrazine groups is 1. The van der Waals surface area contributed by atoms with Crippen LogP contribution in [-0.4, -0.2) is 91.1 Å². The van der Waals surface area contributed by atoms with Crippen molar-refractivity contribution >= 4 is 23.6 Å². The fourth-order valence-electron chi connectivity index (χ4n) is 3.87. The first-order valence-electron chi connectivity index (χ1n) is 9.88. The highest BCUT2D eigenvalue weighted by Gasteiger charge is 2.39. The molecular weight excluding hydrogens is 395 g/mol. The van der Waals surface area contributed by atoms with Gasteiger partial charge in [-0.15, -0.1) is 0 Å². The van der Waals surface area contributed by atoms with E-state index in [0.717, 1.165) is 0 Å². The average molecular weight is 420 g/mol. The van der Waals surface area contributed by atoms with E-state index < -0.39 is 18.6 Å². The highest BCUT2D eigenvalue weighted by Crippen LogP contribution is 2.23. The molecule has 11 heteroatoms. The highest BCUT2D eigenvalue weighted by atomic mass is 19.1. The normalized spacial score (nSPS) is 27.8. The number of hydrogen-bond donors (Lipinski definition) is 2. The Kier molecular flexibility index (Phi) is 5.84. The smallest absolute Gasteiger partial charge is 0.416 e. The molecule has 0 bridgehead atoms. The number of benzene rings is 1. The summed E-state index contributed by atoms with van der Waals surface area (Å²) in [6, 6.07) is 9.10. The van der Waals surface area contributed by atoms with Crippen LogP contribution in [0.4, 0.5) is 14.9 Å². The van der Waals surface area contributed by atoms with E-state index in [4.69, 9.17) is 4.74 Å². The number of rotatable bonds is 5. The number of carbonyl (C=O) groups is 3. The molecule has 0 saturated carbocycles. The van der Waals surface area contributed by atoms with Crippen molar-refractivity contribution < 1.29 is 23.5 Å². The van der Waals surface area contributed by atoms with Gasteiger partial charge in [-0.1, -0.05) is 18.2 Å². The van der Waals surface area contributed by atoms with E-state index >= 15 is 0 Å². The summed E-state index contributed by atoms with van der Waals surface area (Å²) in [7, 11) is 1.58. The van der Waals surface area contributed by atoms with Gasteiger partial charge in [0.2, 0.25) is 11.8 Å². The molecular formula is C19H25FN6O4. The van der Waals surface area contributed by atoms with Crippen LogP contribution in [0, 0.1) is 0 Å². The summed E-state index contributed by atoms with van der Waals surface area (Å²) < 4.78 is 20.0. The molecule has 3 aliphatic rings. The molecule has 3 heterocycles. The van der Waals surface area contributed by atoms with Gasteiger partial charge in [-0.25, -0.2) is 14.6 Å². The van der Waals surface area contributed by atoms with E-state index in [9.17, 15) is 18.8 Å². The minimum Gasteiger partial charge on any atom is -0.423 e. The van der Waals surface area contributed by atoms with Gasteiger partial charge in [0, 0.05) is 32.4 Å². The van der Waals surface area contributed by atoms with Crippen LogP contribution in [0.25, 0.3) is 0 Å². The molecule has 3 atom stereocenters. The Hall–Kier alpha value is -2.76. The van der Waals surface area contributed by atoms with Gasteiger partial charge in [0.15, 0.2) is 12.5 Å². The largest absolute Gasteiger partial charge is 0.423 e. The molecule has 10 nitrogen and oxygen atoms in total. The maximum absolute atomic E-state index is 14.6. The van der Waals surface area contributed by atoms with Gasteiger partial charge in [-0.05, 0) is 12.1 Å². The fraction of sp³-hybridized carbons (Fsp3) is 0.526. The van der Waals surface area contributed by atoms with Crippen LogP contribution >= 0.6 is 0 Å². The Balaban J connectivity index is 1.29. The van der Waals surface area contributed by atoms with Crippen molar-refractivity contribution in [2.45, 2.75) is 25.1 Å². The second-order valence-electron chi connectivity index (χ2n) is 7.61. The fourth-order valence-corrected chi connectivity index (χ4v) is 3.87. The Morgan fingerprint density at radius 1 is 1.23 bits per heavy atom. The summed E-state index contributed by atoms with van der Waals surface area (Å²) in [5.41, 5.74) is 5.96. The van der Waals surface area contributed by atoms with Gasteiger partial charge in [-0.2, -0.15) is 0 Å². The van der Waals surface area contributed by atoms with Gasteiger partial charge < -0.3 is 9.64 Å². The third-order valence-corrected chi connectivity index (χ3v) is 5.65. The van der Waals surface area contributed by atoms with Crippen molar-refractivity contribution in [2.24, 2.45) is 0 Å². The second-order valence-corrected chi connectivity index (χ2v) is 7.61. The van der Waals surface area contributed by atoms with E-state index in [1.807, 2.05) is 18.2 Å². The molecule has 1 aromatic rings. The maximum atomic E-state index is 14.6. The lowest BCUT2D eigenvalue weighted by molar-refractivity contribution is -0.139. The third kappa shape index (κ3) is 4.23. The number of ether oxygens (including phenoxy) is 1. The molecule has 0 spiro atoms. The van der Waals surface area contributed by atoms with Crippen LogP contribution in [-0.2, 0) is 14.3 Å². The number of likely N-dealkylation sites (N-methyl/N-ethyl adjacent to an activating group) is 1. The summed E-state index contributed by atoms with van der Waals surface area (Å²) in [6.07, 6.45) is -2.68. The van der Waals surface area contributed by atoms with Crippen molar-refractivity contribution in [1.29, 1.82) is 0 Å². The van der Waals surface area contributed by atoms with Gasteiger partial charge in [0.25, 0.3) is 0 Å². The van der Waals surface area contributed by atoms with Crippen LogP contribution in [0.3, 0.4) is 0 Å². The van der Waals surface area contributed by atoms with Crippen LogP contribution in [0.1, 0.15) is 6.42 Å². The summed E-state index contributed by atoms with van der Waals surface area (Å²) in [5.74, 6) is -0.415. The lowest BCUT2D eigenvalue weighted by atomic mass is 10.2. The average Bonchev–Trinajstić information content (AvgIpc) is 3.34. The van der Waals surface area contributed by atoms with Crippen molar-refractivity contribution in [2.75, 3.05) is 44.7 Å². The van der Waals surface area contributed by atoms with Gasteiger partial charge in [-0.3, -0.25) is 29.7 Å². The minimum atomic E-state index is -1.29. The lowest BCUT2D eigenvalue weighted by Gasteiger charge is -2.40. The number of carbonyl (C=O) groups excluding carboxylic acids is 3. The zero-order valence-electron chi connectivity index (χ0n) is 16.7. The number of para-hydroxylation sites is 1. The van der Waals surface area contributed by atoms with Crippen molar-refractivity contribution in [1.82, 2.24) is 25.6 Å². The number of hydrogen-bond acceptors (Lipinski definition) is 7. The summed E-state index contributed by atoms with van der Waals surface area (Å²) >= 11 is 0. The third-order valence-electron chi connectivity index (χ3n) is 5.65. The molecule has 1 aromatic carbocycles. The molecule has 3 aliphatic heterocycles. The van der Waals surface area contributed by atoms with Gasteiger partial charge >= 0.3 is 6.09 Å². The molecule has 3 unspecified atom stereocenters. The van der Waals surface area contributed by atoms with E-state index in [2.05, 4.69) is 10.9 Å². The number of nitrogens with one attached hydrogen (secondary N) is 2. The molecule has 0 aliphatic carbocycles. The Labute approximate surface area is 173 Å².